The highest BCUT2D eigenvalue weighted by molar-refractivity contribution is 5.93. The molecule has 1 heterocycles. The molecule has 3 N–H and O–H groups in total. The first kappa shape index (κ1) is 16.1. The fraction of sp³-hybridized carbons (Fsp3) is 0.500. The minimum atomic E-state index is 0.0305. The van der Waals surface area contributed by atoms with Crippen molar-refractivity contribution in [3.8, 4) is 5.75 Å². The summed E-state index contributed by atoms with van der Waals surface area (Å²) in [6.07, 6.45) is 2.30. The lowest BCUT2D eigenvalue weighted by atomic mass is 10.3. The van der Waals surface area contributed by atoms with Crippen molar-refractivity contribution in [3.05, 3.63) is 24.3 Å². The summed E-state index contributed by atoms with van der Waals surface area (Å²) in [4.78, 5) is 17.8. The molecule has 0 spiro atoms. The Morgan fingerprint density at radius 1 is 1.32 bits per heavy atom. The zero-order valence-electron chi connectivity index (χ0n) is 13.2. The standard InChI is InChI=1S/C16H24N4O2/c1-12(2)22-14-7-5-13(6-8-14)19-16(17)18-11-15(21)20-9-3-4-10-20/h5-8,12H,3-4,9-11H2,1-2H3,(H3,17,18,19). The first-order valence-electron chi connectivity index (χ1n) is 7.66. The second kappa shape index (κ2) is 7.68. The molecule has 0 radical (unpaired) electrons. The van der Waals surface area contributed by atoms with E-state index in [9.17, 15) is 4.79 Å². The number of nitrogens with two attached hydrogens (primary N) is 1. The van der Waals surface area contributed by atoms with Crippen LogP contribution in [-0.4, -0.2) is 42.5 Å². The Balaban J connectivity index is 1.83. The summed E-state index contributed by atoms with van der Waals surface area (Å²) in [5, 5.41) is 2.97. The third-order valence-electron chi connectivity index (χ3n) is 3.34. The SMILES string of the molecule is CC(C)Oc1ccc(NC(N)=NCC(=O)N2CCCC2)cc1. The quantitative estimate of drug-likeness (QED) is 0.642. The van der Waals surface area contributed by atoms with Crippen molar-refractivity contribution < 1.29 is 9.53 Å². The molecular weight excluding hydrogens is 280 g/mol. The molecule has 1 aliphatic heterocycles. The monoisotopic (exact) mass is 304 g/mol. The number of rotatable bonds is 5. The van der Waals surface area contributed by atoms with Crippen molar-refractivity contribution in [2.24, 2.45) is 10.7 Å². The van der Waals surface area contributed by atoms with Crippen molar-refractivity contribution in [2.75, 3.05) is 25.0 Å². The van der Waals surface area contributed by atoms with E-state index in [1.54, 1.807) is 0 Å². The van der Waals surface area contributed by atoms with Gasteiger partial charge in [0.05, 0.1) is 6.10 Å². The molecule has 1 aromatic carbocycles. The molecule has 1 fully saturated rings. The van der Waals surface area contributed by atoms with Gasteiger partial charge in [0.25, 0.3) is 0 Å². The number of benzene rings is 1. The van der Waals surface area contributed by atoms with E-state index in [2.05, 4.69) is 10.3 Å². The summed E-state index contributed by atoms with van der Waals surface area (Å²) in [6.45, 7) is 5.72. The van der Waals surface area contributed by atoms with Gasteiger partial charge in [0, 0.05) is 18.8 Å². The number of anilines is 1. The molecule has 0 aliphatic carbocycles. The van der Waals surface area contributed by atoms with Crippen LogP contribution in [0.2, 0.25) is 0 Å². The normalized spacial score (nSPS) is 15.2. The summed E-state index contributed by atoms with van der Waals surface area (Å²) in [6, 6.07) is 7.46. The van der Waals surface area contributed by atoms with Gasteiger partial charge in [-0.2, -0.15) is 0 Å². The summed E-state index contributed by atoms with van der Waals surface area (Å²) in [5.41, 5.74) is 6.62. The third-order valence-corrected chi connectivity index (χ3v) is 3.34. The highest BCUT2D eigenvalue weighted by Gasteiger charge is 2.17. The van der Waals surface area contributed by atoms with Crippen molar-refractivity contribution >= 4 is 17.6 Å². The molecule has 0 atom stereocenters. The molecule has 0 unspecified atom stereocenters. The van der Waals surface area contributed by atoms with Crippen molar-refractivity contribution in [1.82, 2.24) is 4.90 Å². The maximum absolute atomic E-state index is 11.9. The fourth-order valence-corrected chi connectivity index (χ4v) is 2.30. The van der Waals surface area contributed by atoms with Crippen molar-refractivity contribution in [3.63, 3.8) is 0 Å². The Hall–Kier alpha value is -2.24. The lowest BCUT2D eigenvalue weighted by Crippen LogP contribution is -2.31. The number of likely N-dealkylation sites (tertiary alicyclic amines) is 1. The van der Waals surface area contributed by atoms with E-state index in [-0.39, 0.29) is 24.5 Å². The molecule has 22 heavy (non-hydrogen) atoms. The van der Waals surface area contributed by atoms with Crippen molar-refractivity contribution in [1.29, 1.82) is 0 Å². The zero-order valence-corrected chi connectivity index (χ0v) is 13.2. The van der Waals surface area contributed by atoms with E-state index >= 15 is 0 Å². The lowest BCUT2D eigenvalue weighted by molar-refractivity contribution is -0.128. The topological polar surface area (TPSA) is 80.0 Å². The number of carbonyl (C=O) groups excluding carboxylic acids is 1. The molecule has 1 aromatic rings. The van der Waals surface area contributed by atoms with Gasteiger partial charge in [0.15, 0.2) is 5.96 Å². The highest BCUT2D eigenvalue weighted by atomic mass is 16.5. The summed E-state index contributed by atoms with van der Waals surface area (Å²) in [5.74, 6) is 1.08. The molecule has 1 saturated heterocycles. The Labute approximate surface area is 131 Å². The maximum Gasteiger partial charge on any atom is 0.244 e. The molecule has 120 valence electrons. The van der Waals surface area contributed by atoms with Crippen LogP contribution < -0.4 is 15.8 Å². The minimum Gasteiger partial charge on any atom is -0.491 e. The molecule has 1 amide bonds. The molecule has 2 rings (SSSR count). The van der Waals surface area contributed by atoms with Gasteiger partial charge in [-0.25, -0.2) is 4.99 Å². The van der Waals surface area contributed by atoms with E-state index in [4.69, 9.17) is 10.5 Å². The number of nitrogens with zero attached hydrogens (tertiary/aromatic N) is 2. The van der Waals surface area contributed by atoms with Gasteiger partial charge in [0.1, 0.15) is 12.3 Å². The predicted octanol–water partition coefficient (Wildman–Crippen LogP) is 1.82. The van der Waals surface area contributed by atoms with Gasteiger partial charge >= 0.3 is 0 Å². The fourth-order valence-electron chi connectivity index (χ4n) is 2.30. The van der Waals surface area contributed by atoms with Gasteiger partial charge in [-0.15, -0.1) is 0 Å². The van der Waals surface area contributed by atoms with Crippen LogP contribution in [0.5, 0.6) is 5.75 Å². The van der Waals surface area contributed by atoms with Crippen LogP contribution in [-0.2, 0) is 4.79 Å². The average molecular weight is 304 g/mol. The Morgan fingerprint density at radius 2 is 1.95 bits per heavy atom. The predicted molar refractivity (Wildman–Crippen MR) is 88.1 cm³/mol. The molecule has 0 aromatic heterocycles. The first-order valence-corrected chi connectivity index (χ1v) is 7.66. The lowest BCUT2D eigenvalue weighted by Gasteiger charge is -2.14. The number of carbonyl (C=O) groups is 1. The second-order valence-corrected chi connectivity index (χ2v) is 5.61. The Morgan fingerprint density at radius 3 is 2.55 bits per heavy atom. The zero-order chi connectivity index (χ0) is 15.9. The Bertz CT molecular complexity index is 519. The summed E-state index contributed by atoms with van der Waals surface area (Å²) in [7, 11) is 0. The van der Waals surface area contributed by atoms with Crippen LogP contribution in [0.25, 0.3) is 0 Å². The van der Waals surface area contributed by atoms with E-state index in [0.29, 0.717) is 0 Å². The van der Waals surface area contributed by atoms with Crippen LogP contribution in [0.15, 0.2) is 29.3 Å². The molecule has 6 heteroatoms. The number of amides is 1. The summed E-state index contributed by atoms with van der Waals surface area (Å²) >= 11 is 0. The van der Waals surface area contributed by atoms with E-state index in [0.717, 1.165) is 37.4 Å². The second-order valence-electron chi connectivity index (χ2n) is 5.61. The Kier molecular flexibility index (Phi) is 5.63. The smallest absolute Gasteiger partial charge is 0.244 e. The molecule has 0 saturated carbocycles. The van der Waals surface area contributed by atoms with Gasteiger partial charge in [-0.1, -0.05) is 0 Å². The van der Waals surface area contributed by atoms with Crippen molar-refractivity contribution in [2.45, 2.75) is 32.8 Å². The number of guanidine groups is 1. The van der Waals surface area contributed by atoms with E-state index in [1.807, 2.05) is 43.0 Å². The average Bonchev–Trinajstić information content (AvgIpc) is 3.00. The third kappa shape index (κ3) is 4.95. The molecule has 6 nitrogen and oxygen atoms in total. The van der Waals surface area contributed by atoms with Crippen LogP contribution >= 0.6 is 0 Å². The van der Waals surface area contributed by atoms with Crippen LogP contribution in [0, 0.1) is 0 Å². The largest absolute Gasteiger partial charge is 0.491 e. The first-order chi connectivity index (χ1) is 10.5. The number of ether oxygens (including phenoxy) is 1. The van der Waals surface area contributed by atoms with E-state index in [1.165, 1.54) is 0 Å². The summed E-state index contributed by atoms with van der Waals surface area (Å²) < 4.78 is 5.57. The number of hydrogen-bond donors (Lipinski definition) is 2. The van der Waals surface area contributed by atoms with Gasteiger partial charge in [0.2, 0.25) is 5.91 Å². The van der Waals surface area contributed by atoms with Crippen LogP contribution in [0.4, 0.5) is 5.69 Å². The number of aliphatic imine (C=N–C) groups is 1. The van der Waals surface area contributed by atoms with Crippen LogP contribution in [0.1, 0.15) is 26.7 Å². The number of hydrogen-bond acceptors (Lipinski definition) is 3. The number of nitrogens with one attached hydrogen (secondary N) is 1. The molecule has 1 aliphatic rings. The highest BCUT2D eigenvalue weighted by Crippen LogP contribution is 2.16. The minimum absolute atomic E-state index is 0.0305. The van der Waals surface area contributed by atoms with Gasteiger partial charge in [-0.05, 0) is 51.0 Å². The van der Waals surface area contributed by atoms with E-state index < -0.39 is 0 Å². The molecular formula is C16H24N4O2. The van der Waals surface area contributed by atoms with Crippen LogP contribution in [0.3, 0.4) is 0 Å². The van der Waals surface area contributed by atoms with Gasteiger partial charge < -0.3 is 20.7 Å². The maximum atomic E-state index is 11.9. The van der Waals surface area contributed by atoms with Gasteiger partial charge in [-0.3, -0.25) is 4.79 Å². The molecule has 0 bridgehead atoms.